The maximum atomic E-state index is 12.5. The summed E-state index contributed by atoms with van der Waals surface area (Å²) in [6.45, 7) is 0.215. The molecular weight excluding hydrogens is 428 g/mol. The molecule has 0 saturated heterocycles. The molecule has 6 nitrogen and oxygen atoms in total. The van der Waals surface area contributed by atoms with E-state index >= 15 is 0 Å². The Morgan fingerprint density at radius 3 is 2.18 bits per heavy atom. The van der Waals surface area contributed by atoms with E-state index in [2.05, 4.69) is 10.6 Å². The third-order valence-corrected chi connectivity index (χ3v) is 4.89. The number of anilines is 1. The number of carbonyl (C=O) groups excluding carboxylic acids is 2. The molecule has 4 aromatic carbocycles. The molecule has 34 heavy (non-hydrogen) atoms. The molecule has 0 spiro atoms. The van der Waals surface area contributed by atoms with Crippen LogP contribution in [0.1, 0.15) is 15.9 Å². The highest BCUT2D eigenvalue weighted by atomic mass is 16.5. The molecule has 0 fully saturated rings. The molecule has 0 unspecified atom stereocenters. The smallest absolute Gasteiger partial charge is 0.262 e. The Labute approximate surface area is 198 Å². The summed E-state index contributed by atoms with van der Waals surface area (Å²) in [5, 5.41) is 5.69. The first-order valence-electron chi connectivity index (χ1n) is 10.8. The highest BCUT2D eigenvalue weighted by Crippen LogP contribution is 2.29. The van der Waals surface area contributed by atoms with Crippen molar-refractivity contribution in [3.8, 4) is 17.2 Å². The fraction of sp³-hybridized carbons (Fsp3) is 0.0714. The molecule has 4 rings (SSSR count). The normalized spacial score (nSPS) is 10.2. The number of nitrogens with one attached hydrogen (secondary N) is 2. The first-order valence-corrected chi connectivity index (χ1v) is 10.8. The Hall–Kier alpha value is -4.58. The van der Waals surface area contributed by atoms with Crippen molar-refractivity contribution in [2.45, 2.75) is 6.54 Å². The second-order valence-corrected chi connectivity index (χ2v) is 7.44. The molecule has 0 aliphatic carbocycles. The largest absolute Gasteiger partial charge is 0.484 e. The molecular formula is C28H24N2O4. The van der Waals surface area contributed by atoms with Crippen LogP contribution in [0.25, 0.3) is 0 Å². The summed E-state index contributed by atoms with van der Waals surface area (Å²) in [5.74, 6) is 1.06. The van der Waals surface area contributed by atoms with E-state index in [1.807, 2.05) is 72.8 Å². The maximum Gasteiger partial charge on any atom is 0.262 e. The molecule has 4 aromatic rings. The second-order valence-electron chi connectivity index (χ2n) is 7.44. The third-order valence-electron chi connectivity index (χ3n) is 4.89. The van der Waals surface area contributed by atoms with E-state index in [0.29, 0.717) is 35.0 Å². The highest BCUT2D eigenvalue weighted by Gasteiger charge is 2.11. The van der Waals surface area contributed by atoms with E-state index in [0.717, 1.165) is 5.56 Å². The van der Waals surface area contributed by atoms with Crippen molar-refractivity contribution in [3.63, 3.8) is 0 Å². The Balaban J connectivity index is 1.32. The molecule has 6 heteroatoms. The minimum absolute atomic E-state index is 0.214. The van der Waals surface area contributed by atoms with Crippen molar-refractivity contribution >= 4 is 17.5 Å². The van der Waals surface area contributed by atoms with Gasteiger partial charge in [0.1, 0.15) is 11.5 Å². The van der Waals surface area contributed by atoms with Gasteiger partial charge >= 0.3 is 0 Å². The Morgan fingerprint density at radius 2 is 1.38 bits per heavy atom. The van der Waals surface area contributed by atoms with Crippen molar-refractivity contribution in [2.75, 3.05) is 11.9 Å². The van der Waals surface area contributed by atoms with Gasteiger partial charge in [0, 0.05) is 12.1 Å². The van der Waals surface area contributed by atoms with Gasteiger partial charge in [-0.25, -0.2) is 0 Å². The molecule has 0 atom stereocenters. The van der Waals surface area contributed by atoms with Crippen molar-refractivity contribution in [1.29, 1.82) is 0 Å². The van der Waals surface area contributed by atoms with Gasteiger partial charge in [0.25, 0.3) is 11.8 Å². The molecule has 0 bridgehead atoms. The fourth-order valence-electron chi connectivity index (χ4n) is 3.22. The van der Waals surface area contributed by atoms with E-state index < -0.39 is 0 Å². The van der Waals surface area contributed by atoms with E-state index in [1.165, 1.54) is 0 Å². The van der Waals surface area contributed by atoms with Crippen LogP contribution in [0.2, 0.25) is 0 Å². The predicted molar refractivity (Wildman–Crippen MR) is 131 cm³/mol. The Kier molecular flexibility index (Phi) is 7.54. The molecule has 2 N–H and O–H groups in total. The fourth-order valence-corrected chi connectivity index (χ4v) is 3.22. The standard InChI is InChI=1S/C28H24N2O4/c31-27(30-25-16-7-8-17-26(25)34-23-13-5-2-6-14-23)20-33-24-15-9-12-22(18-24)28(32)29-19-21-10-3-1-4-11-21/h1-18H,19-20H2,(H,29,32)(H,30,31). The van der Waals surface area contributed by atoms with Crippen molar-refractivity contribution in [3.05, 3.63) is 120 Å². The van der Waals surface area contributed by atoms with Crippen molar-refractivity contribution in [1.82, 2.24) is 5.32 Å². The van der Waals surface area contributed by atoms with Crippen molar-refractivity contribution in [2.24, 2.45) is 0 Å². The summed E-state index contributed by atoms with van der Waals surface area (Å²) >= 11 is 0. The molecule has 2 amide bonds. The summed E-state index contributed by atoms with van der Waals surface area (Å²) < 4.78 is 11.5. The van der Waals surface area contributed by atoms with Gasteiger partial charge in [-0.3, -0.25) is 9.59 Å². The first-order chi connectivity index (χ1) is 16.7. The average molecular weight is 453 g/mol. The van der Waals surface area contributed by atoms with Crippen LogP contribution >= 0.6 is 0 Å². The number of hydrogen-bond donors (Lipinski definition) is 2. The zero-order valence-electron chi connectivity index (χ0n) is 18.4. The molecule has 0 aliphatic rings. The maximum absolute atomic E-state index is 12.5. The number of benzene rings is 4. The van der Waals surface area contributed by atoms with Crippen LogP contribution < -0.4 is 20.1 Å². The van der Waals surface area contributed by atoms with Gasteiger partial charge in [0.2, 0.25) is 0 Å². The summed E-state index contributed by atoms with van der Waals surface area (Å²) in [5.41, 5.74) is 2.00. The lowest BCUT2D eigenvalue weighted by molar-refractivity contribution is -0.118. The molecule has 170 valence electrons. The van der Waals surface area contributed by atoms with Crippen molar-refractivity contribution < 1.29 is 19.1 Å². The zero-order chi connectivity index (χ0) is 23.6. The van der Waals surface area contributed by atoms with Crippen LogP contribution in [-0.2, 0) is 11.3 Å². The van der Waals surface area contributed by atoms with E-state index in [4.69, 9.17) is 9.47 Å². The minimum atomic E-state index is -0.344. The van der Waals surface area contributed by atoms with Crippen LogP contribution in [0.15, 0.2) is 109 Å². The highest BCUT2D eigenvalue weighted by molar-refractivity contribution is 5.95. The number of para-hydroxylation sites is 3. The summed E-state index contributed by atoms with van der Waals surface area (Å²) in [7, 11) is 0. The topological polar surface area (TPSA) is 76.7 Å². The van der Waals surface area contributed by atoms with E-state index in [-0.39, 0.29) is 18.4 Å². The molecule has 0 aliphatic heterocycles. The molecule has 0 saturated carbocycles. The van der Waals surface area contributed by atoms with Crippen LogP contribution in [0.3, 0.4) is 0 Å². The average Bonchev–Trinajstić information content (AvgIpc) is 2.88. The monoisotopic (exact) mass is 452 g/mol. The lowest BCUT2D eigenvalue weighted by Gasteiger charge is -2.13. The summed E-state index contributed by atoms with van der Waals surface area (Å²) in [6.07, 6.45) is 0. The number of amides is 2. The van der Waals surface area contributed by atoms with Crippen LogP contribution in [-0.4, -0.2) is 18.4 Å². The predicted octanol–water partition coefficient (Wildman–Crippen LogP) is 5.43. The number of ether oxygens (including phenoxy) is 2. The van der Waals surface area contributed by atoms with Crippen LogP contribution in [0.5, 0.6) is 17.2 Å². The number of carbonyl (C=O) groups is 2. The quantitative estimate of drug-likeness (QED) is 0.355. The van der Waals surface area contributed by atoms with Gasteiger partial charge in [0.15, 0.2) is 12.4 Å². The van der Waals surface area contributed by atoms with Crippen LogP contribution in [0.4, 0.5) is 5.69 Å². The lowest BCUT2D eigenvalue weighted by atomic mass is 10.2. The molecule has 0 radical (unpaired) electrons. The first kappa shape index (κ1) is 22.6. The molecule has 0 heterocycles. The van der Waals surface area contributed by atoms with E-state index in [9.17, 15) is 9.59 Å². The zero-order valence-corrected chi connectivity index (χ0v) is 18.4. The van der Waals surface area contributed by atoms with Gasteiger partial charge in [-0.2, -0.15) is 0 Å². The Bertz CT molecular complexity index is 1240. The van der Waals surface area contributed by atoms with Gasteiger partial charge in [0.05, 0.1) is 5.69 Å². The lowest BCUT2D eigenvalue weighted by Crippen LogP contribution is -2.23. The molecule has 0 aromatic heterocycles. The van der Waals surface area contributed by atoms with Gasteiger partial charge < -0.3 is 20.1 Å². The Morgan fingerprint density at radius 1 is 0.706 bits per heavy atom. The minimum Gasteiger partial charge on any atom is -0.484 e. The van der Waals surface area contributed by atoms with E-state index in [1.54, 1.807) is 36.4 Å². The third kappa shape index (κ3) is 6.46. The number of rotatable bonds is 9. The number of hydrogen-bond acceptors (Lipinski definition) is 4. The van der Waals surface area contributed by atoms with Gasteiger partial charge in [-0.1, -0.05) is 66.7 Å². The summed E-state index contributed by atoms with van der Waals surface area (Å²) in [4.78, 5) is 25.0. The second kappa shape index (κ2) is 11.3. The van der Waals surface area contributed by atoms with Gasteiger partial charge in [-0.15, -0.1) is 0 Å². The van der Waals surface area contributed by atoms with Crippen LogP contribution in [0, 0.1) is 0 Å². The summed E-state index contributed by atoms with van der Waals surface area (Å²) in [6, 6.07) is 32.9. The SMILES string of the molecule is O=C(COc1cccc(C(=O)NCc2ccccc2)c1)Nc1ccccc1Oc1ccccc1. The van der Waals surface area contributed by atoms with Gasteiger partial charge in [-0.05, 0) is 48.0 Å².